The number of nitrogens with one attached hydrogen (secondary N) is 1. The molecule has 0 radical (unpaired) electrons. The number of aliphatic hydroxyl groups excluding tert-OH is 1. The molecular formula is C17H29NOS. The van der Waals surface area contributed by atoms with Gasteiger partial charge in [0.15, 0.2) is 0 Å². The molecule has 0 aromatic heterocycles. The van der Waals surface area contributed by atoms with Gasteiger partial charge in [-0.3, -0.25) is 0 Å². The van der Waals surface area contributed by atoms with Crippen molar-refractivity contribution in [2.45, 2.75) is 51.3 Å². The zero-order valence-corrected chi connectivity index (χ0v) is 13.9. The van der Waals surface area contributed by atoms with E-state index in [2.05, 4.69) is 50.4 Å². The Hall–Kier alpha value is -0.510. The summed E-state index contributed by atoms with van der Waals surface area (Å²) in [6.07, 6.45) is 3.19. The minimum atomic E-state index is -0.0715. The molecule has 0 spiro atoms. The maximum atomic E-state index is 9.61. The summed E-state index contributed by atoms with van der Waals surface area (Å²) in [6, 6.07) is 8.60. The number of aliphatic hydroxyl groups is 1. The first-order valence-electron chi connectivity index (χ1n) is 7.65. The van der Waals surface area contributed by atoms with Crippen LogP contribution in [0.3, 0.4) is 0 Å². The molecular weight excluding hydrogens is 266 g/mol. The second kappa shape index (κ2) is 9.43. The number of hydrogen-bond donors (Lipinski definition) is 2. The fourth-order valence-electron chi connectivity index (χ4n) is 2.48. The lowest BCUT2D eigenvalue weighted by atomic mass is 9.91. The molecule has 2 N–H and O–H groups in total. The van der Waals surface area contributed by atoms with Gasteiger partial charge in [0.25, 0.3) is 0 Å². The van der Waals surface area contributed by atoms with Crippen molar-refractivity contribution in [3.8, 4) is 0 Å². The summed E-state index contributed by atoms with van der Waals surface area (Å²) in [5.41, 5.74) is 2.75. The summed E-state index contributed by atoms with van der Waals surface area (Å²) >= 11 is 1.99. The Morgan fingerprint density at radius 1 is 1.25 bits per heavy atom. The van der Waals surface area contributed by atoms with E-state index in [9.17, 15) is 5.11 Å². The first kappa shape index (κ1) is 17.5. The highest BCUT2D eigenvalue weighted by atomic mass is 32.2. The third kappa shape index (κ3) is 5.47. The number of benzene rings is 1. The first-order valence-corrected chi connectivity index (χ1v) is 8.81. The lowest BCUT2D eigenvalue weighted by Gasteiger charge is -2.31. The van der Waals surface area contributed by atoms with Crippen molar-refractivity contribution in [2.24, 2.45) is 0 Å². The van der Waals surface area contributed by atoms with Crippen molar-refractivity contribution in [3.05, 3.63) is 35.4 Å². The van der Waals surface area contributed by atoms with Gasteiger partial charge < -0.3 is 10.4 Å². The molecule has 1 aromatic rings. The third-order valence-electron chi connectivity index (χ3n) is 3.99. The van der Waals surface area contributed by atoms with Crippen molar-refractivity contribution in [2.75, 3.05) is 18.9 Å². The molecule has 0 amide bonds. The van der Waals surface area contributed by atoms with Crippen molar-refractivity contribution < 1.29 is 5.11 Å². The number of hydrogen-bond acceptors (Lipinski definition) is 3. The van der Waals surface area contributed by atoms with Gasteiger partial charge in [0.2, 0.25) is 0 Å². The molecule has 0 bridgehead atoms. The van der Waals surface area contributed by atoms with E-state index in [4.69, 9.17) is 0 Å². The van der Waals surface area contributed by atoms with Gasteiger partial charge >= 0.3 is 0 Å². The molecule has 0 aliphatic carbocycles. The van der Waals surface area contributed by atoms with Crippen LogP contribution in [0.5, 0.6) is 0 Å². The average Bonchev–Trinajstić information content (AvgIpc) is 2.47. The summed E-state index contributed by atoms with van der Waals surface area (Å²) in [7, 11) is 0. The van der Waals surface area contributed by atoms with Crippen LogP contribution in [-0.4, -0.2) is 29.5 Å². The van der Waals surface area contributed by atoms with Gasteiger partial charge in [-0.2, -0.15) is 11.8 Å². The fourth-order valence-corrected chi connectivity index (χ4v) is 3.52. The van der Waals surface area contributed by atoms with Crippen LogP contribution in [0, 0.1) is 6.92 Å². The first-order chi connectivity index (χ1) is 9.67. The van der Waals surface area contributed by atoms with Gasteiger partial charge in [-0.25, -0.2) is 0 Å². The number of aryl methyl sites for hydroxylation is 1. The molecule has 0 aliphatic rings. The Morgan fingerprint density at radius 2 is 2.00 bits per heavy atom. The van der Waals surface area contributed by atoms with Crippen molar-refractivity contribution >= 4 is 11.8 Å². The topological polar surface area (TPSA) is 32.3 Å². The van der Waals surface area contributed by atoms with E-state index in [0.29, 0.717) is 0 Å². The van der Waals surface area contributed by atoms with Crippen molar-refractivity contribution in [1.82, 2.24) is 5.32 Å². The van der Waals surface area contributed by atoms with E-state index in [0.717, 1.165) is 37.3 Å². The maximum absolute atomic E-state index is 9.61. The average molecular weight is 295 g/mol. The summed E-state index contributed by atoms with van der Waals surface area (Å²) in [4.78, 5) is 0. The number of thioether (sulfide) groups is 1. The SMILES string of the molecule is CCNC(CC)(CO)CCCSCc1ccccc1C. The second-order valence-corrected chi connectivity index (χ2v) is 6.51. The Morgan fingerprint density at radius 3 is 2.60 bits per heavy atom. The smallest absolute Gasteiger partial charge is 0.0613 e. The predicted molar refractivity (Wildman–Crippen MR) is 90.4 cm³/mol. The maximum Gasteiger partial charge on any atom is 0.0613 e. The van der Waals surface area contributed by atoms with E-state index in [1.165, 1.54) is 11.1 Å². The Labute approximate surface area is 128 Å². The van der Waals surface area contributed by atoms with E-state index in [1.807, 2.05) is 11.8 Å². The van der Waals surface area contributed by atoms with Crippen molar-refractivity contribution in [3.63, 3.8) is 0 Å². The Kier molecular flexibility index (Phi) is 8.27. The van der Waals surface area contributed by atoms with Crippen molar-refractivity contribution in [1.29, 1.82) is 0 Å². The highest BCUT2D eigenvalue weighted by molar-refractivity contribution is 7.98. The van der Waals surface area contributed by atoms with Crippen LogP contribution in [0.4, 0.5) is 0 Å². The molecule has 0 saturated heterocycles. The van der Waals surface area contributed by atoms with E-state index in [-0.39, 0.29) is 12.1 Å². The quantitative estimate of drug-likeness (QED) is 0.645. The van der Waals surface area contributed by atoms with Crippen LogP contribution in [0.15, 0.2) is 24.3 Å². The molecule has 0 heterocycles. The third-order valence-corrected chi connectivity index (χ3v) is 5.09. The highest BCUT2D eigenvalue weighted by Crippen LogP contribution is 2.21. The van der Waals surface area contributed by atoms with Crippen LogP contribution < -0.4 is 5.32 Å². The van der Waals surface area contributed by atoms with Gasteiger partial charge in [0, 0.05) is 11.3 Å². The normalized spacial score (nSPS) is 14.2. The van der Waals surface area contributed by atoms with Gasteiger partial charge in [-0.1, -0.05) is 38.1 Å². The highest BCUT2D eigenvalue weighted by Gasteiger charge is 2.25. The molecule has 0 aliphatic heterocycles. The minimum Gasteiger partial charge on any atom is -0.394 e. The lowest BCUT2D eigenvalue weighted by Crippen LogP contribution is -2.48. The molecule has 20 heavy (non-hydrogen) atoms. The molecule has 2 nitrogen and oxygen atoms in total. The molecule has 0 fully saturated rings. The summed E-state index contributed by atoms with van der Waals surface area (Å²) in [6.45, 7) is 7.59. The van der Waals surface area contributed by atoms with Gasteiger partial charge in [-0.15, -0.1) is 0 Å². The van der Waals surface area contributed by atoms with Crippen LogP contribution in [-0.2, 0) is 5.75 Å². The Balaban J connectivity index is 2.29. The van der Waals surface area contributed by atoms with E-state index >= 15 is 0 Å². The van der Waals surface area contributed by atoms with Crippen LogP contribution in [0.1, 0.15) is 44.2 Å². The van der Waals surface area contributed by atoms with Gasteiger partial charge in [0.1, 0.15) is 0 Å². The molecule has 1 rings (SSSR count). The van der Waals surface area contributed by atoms with E-state index in [1.54, 1.807) is 0 Å². The molecule has 0 saturated carbocycles. The van der Waals surface area contributed by atoms with Gasteiger partial charge in [0.05, 0.1) is 6.61 Å². The zero-order chi connectivity index (χ0) is 14.8. The molecule has 1 atom stereocenters. The largest absolute Gasteiger partial charge is 0.394 e. The fraction of sp³-hybridized carbons (Fsp3) is 0.647. The number of likely N-dealkylation sites (N-methyl/N-ethyl adjacent to an activating group) is 1. The Bertz CT molecular complexity index is 377. The van der Waals surface area contributed by atoms with E-state index < -0.39 is 0 Å². The number of rotatable bonds is 10. The van der Waals surface area contributed by atoms with Crippen LogP contribution in [0.25, 0.3) is 0 Å². The second-order valence-electron chi connectivity index (χ2n) is 5.40. The molecule has 1 unspecified atom stereocenters. The minimum absolute atomic E-state index is 0.0715. The molecule has 1 aromatic carbocycles. The predicted octanol–water partition coefficient (Wildman–Crippen LogP) is 3.76. The van der Waals surface area contributed by atoms with Crippen LogP contribution in [0.2, 0.25) is 0 Å². The standard InChI is InChI=1S/C17H29NOS/c1-4-17(14-19,18-5-2)11-8-12-20-13-16-10-7-6-9-15(16)3/h6-7,9-10,18-19H,4-5,8,11-14H2,1-3H3. The molecule has 114 valence electrons. The monoisotopic (exact) mass is 295 g/mol. The summed E-state index contributed by atoms with van der Waals surface area (Å²) in [5, 5.41) is 13.1. The van der Waals surface area contributed by atoms with Crippen LogP contribution >= 0.6 is 11.8 Å². The summed E-state index contributed by atoms with van der Waals surface area (Å²) < 4.78 is 0. The zero-order valence-electron chi connectivity index (χ0n) is 13.1. The van der Waals surface area contributed by atoms with Gasteiger partial charge in [-0.05, 0) is 49.6 Å². The lowest BCUT2D eigenvalue weighted by molar-refractivity contribution is 0.148. The molecule has 3 heteroatoms. The summed E-state index contributed by atoms with van der Waals surface area (Å²) in [5.74, 6) is 2.24.